The Morgan fingerprint density at radius 3 is 2.44 bits per heavy atom. The molecule has 5 heteroatoms. The fourth-order valence-electron chi connectivity index (χ4n) is 1.80. The van der Waals surface area contributed by atoms with E-state index < -0.39 is 5.41 Å². The average Bonchev–Trinajstić information content (AvgIpc) is 2.98. The van der Waals surface area contributed by atoms with Gasteiger partial charge in [0.1, 0.15) is 0 Å². The van der Waals surface area contributed by atoms with Crippen molar-refractivity contribution in [2.45, 2.75) is 39.2 Å². The molecule has 92 valence electrons. The van der Waals surface area contributed by atoms with Crippen molar-refractivity contribution in [3.63, 3.8) is 0 Å². The molecule has 0 unspecified atom stereocenters. The summed E-state index contributed by atoms with van der Waals surface area (Å²) in [7, 11) is 0. The molecule has 0 atom stereocenters. The Labute approximate surface area is 102 Å². The van der Waals surface area contributed by atoms with Gasteiger partial charge in [0.15, 0.2) is 0 Å². The summed E-state index contributed by atoms with van der Waals surface area (Å²) >= 11 is 4.97. The van der Waals surface area contributed by atoms with Crippen molar-refractivity contribution in [2.24, 2.45) is 11.1 Å². The largest absolute Gasteiger partial charge is 0.396 e. The lowest BCUT2D eigenvalue weighted by Crippen LogP contribution is -2.46. The van der Waals surface area contributed by atoms with E-state index in [9.17, 15) is 4.79 Å². The average molecular weight is 244 g/mol. The third kappa shape index (κ3) is 2.52. The number of amides is 1. The van der Waals surface area contributed by atoms with Gasteiger partial charge in [-0.25, -0.2) is 0 Å². The van der Waals surface area contributed by atoms with Gasteiger partial charge in [-0.15, -0.1) is 0 Å². The minimum absolute atomic E-state index is 0.0310. The van der Waals surface area contributed by atoms with Gasteiger partial charge >= 0.3 is 0 Å². The van der Waals surface area contributed by atoms with Crippen molar-refractivity contribution >= 4 is 23.1 Å². The molecule has 0 bridgehead atoms. The summed E-state index contributed by atoms with van der Waals surface area (Å²) in [6.45, 7) is 4.59. The van der Waals surface area contributed by atoms with Crippen LogP contribution >= 0.6 is 12.2 Å². The summed E-state index contributed by atoms with van der Waals surface area (Å²) in [5, 5.41) is 8.82. The summed E-state index contributed by atoms with van der Waals surface area (Å²) in [6, 6.07) is 0.117. The summed E-state index contributed by atoms with van der Waals surface area (Å²) in [4.78, 5) is 14.4. The van der Waals surface area contributed by atoms with E-state index in [-0.39, 0.29) is 18.6 Å². The maximum Gasteiger partial charge on any atom is 0.235 e. The molecule has 4 nitrogen and oxygen atoms in total. The number of hydrogen-bond acceptors (Lipinski definition) is 3. The first-order valence-electron chi connectivity index (χ1n) is 5.67. The number of nitrogens with zero attached hydrogens (tertiary/aromatic N) is 1. The number of aliphatic hydroxyl groups is 1. The van der Waals surface area contributed by atoms with Crippen molar-refractivity contribution in [3.8, 4) is 0 Å². The lowest BCUT2D eigenvalue weighted by atomic mass is 10.0. The lowest BCUT2D eigenvalue weighted by molar-refractivity contribution is -0.136. The Morgan fingerprint density at radius 1 is 1.56 bits per heavy atom. The fourth-order valence-corrected chi connectivity index (χ4v) is 2.09. The topological polar surface area (TPSA) is 66.6 Å². The molecule has 1 rings (SSSR count). The number of aliphatic hydroxyl groups excluding tert-OH is 1. The van der Waals surface area contributed by atoms with Crippen molar-refractivity contribution in [1.82, 2.24) is 4.90 Å². The number of carbonyl (C=O) groups excluding carboxylic acids is 1. The van der Waals surface area contributed by atoms with Gasteiger partial charge in [-0.05, 0) is 33.1 Å². The molecule has 0 saturated heterocycles. The molecule has 0 heterocycles. The molecule has 0 spiro atoms. The maximum atomic E-state index is 12.3. The van der Waals surface area contributed by atoms with Crippen LogP contribution in [0.25, 0.3) is 0 Å². The van der Waals surface area contributed by atoms with Crippen LogP contribution in [0, 0.1) is 5.41 Å². The van der Waals surface area contributed by atoms with Gasteiger partial charge in [0.2, 0.25) is 5.91 Å². The quantitative estimate of drug-likeness (QED) is 0.674. The van der Waals surface area contributed by atoms with Gasteiger partial charge in [-0.1, -0.05) is 12.2 Å². The van der Waals surface area contributed by atoms with Gasteiger partial charge in [-0.2, -0.15) is 0 Å². The molecule has 1 aliphatic carbocycles. The highest BCUT2D eigenvalue weighted by molar-refractivity contribution is 7.80. The normalized spacial score (nSPS) is 17.2. The molecule has 16 heavy (non-hydrogen) atoms. The van der Waals surface area contributed by atoms with E-state index in [2.05, 4.69) is 0 Å². The first-order valence-corrected chi connectivity index (χ1v) is 6.08. The van der Waals surface area contributed by atoms with Crippen molar-refractivity contribution in [1.29, 1.82) is 0 Å². The van der Waals surface area contributed by atoms with Crippen LogP contribution in [0.15, 0.2) is 0 Å². The first kappa shape index (κ1) is 13.4. The highest BCUT2D eigenvalue weighted by Crippen LogP contribution is 2.47. The fraction of sp³-hybridized carbons (Fsp3) is 0.818. The van der Waals surface area contributed by atoms with Crippen molar-refractivity contribution < 1.29 is 9.90 Å². The van der Waals surface area contributed by atoms with E-state index in [0.717, 1.165) is 12.8 Å². The van der Waals surface area contributed by atoms with Crippen molar-refractivity contribution in [2.75, 3.05) is 13.2 Å². The minimum atomic E-state index is -0.574. The van der Waals surface area contributed by atoms with Crippen LogP contribution in [0.1, 0.15) is 33.1 Å². The second-order valence-corrected chi connectivity index (χ2v) is 5.06. The zero-order chi connectivity index (χ0) is 12.3. The van der Waals surface area contributed by atoms with Gasteiger partial charge in [0, 0.05) is 19.2 Å². The molecule has 0 aromatic heterocycles. The van der Waals surface area contributed by atoms with Crippen LogP contribution < -0.4 is 5.73 Å². The predicted molar refractivity (Wildman–Crippen MR) is 67.0 cm³/mol. The molecule has 1 saturated carbocycles. The Kier molecular flexibility index (Phi) is 4.27. The third-order valence-corrected chi connectivity index (χ3v) is 3.46. The van der Waals surface area contributed by atoms with Crippen LogP contribution in [0.3, 0.4) is 0 Å². The van der Waals surface area contributed by atoms with Crippen LogP contribution in [0.4, 0.5) is 0 Å². The number of nitrogens with two attached hydrogens (primary N) is 1. The van der Waals surface area contributed by atoms with E-state index in [1.54, 1.807) is 4.90 Å². The van der Waals surface area contributed by atoms with Crippen molar-refractivity contribution in [3.05, 3.63) is 0 Å². The first-order chi connectivity index (χ1) is 7.45. The zero-order valence-corrected chi connectivity index (χ0v) is 10.7. The summed E-state index contributed by atoms with van der Waals surface area (Å²) in [6.07, 6.45) is 2.13. The number of thiocarbonyl (C=S) groups is 1. The third-order valence-electron chi connectivity index (χ3n) is 3.07. The minimum Gasteiger partial charge on any atom is -0.396 e. The van der Waals surface area contributed by atoms with E-state index in [0.29, 0.717) is 18.0 Å². The molecule has 1 amide bonds. The molecule has 0 aromatic rings. The van der Waals surface area contributed by atoms with E-state index in [1.165, 1.54) is 0 Å². The second-order valence-electron chi connectivity index (χ2n) is 4.62. The maximum absolute atomic E-state index is 12.3. The Hall–Kier alpha value is -0.680. The molecule has 3 N–H and O–H groups in total. The van der Waals surface area contributed by atoms with Crippen LogP contribution in [-0.4, -0.2) is 40.1 Å². The van der Waals surface area contributed by atoms with Crippen LogP contribution in [0.5, 0.6) is 0 Å². The van der Waals surface area contributed by atoms with E-state index >= 15 is 0 Å². The second kappa shape index (κ2) is 5.10. The van der Waals surface area contributed by atoms with Gasteiger partial charge < -0.3 is 15.7 Å². The van der Waals surface area contributed by atoms with E-state index in [4.69, 9.17) is 23.1 Å². The highest BCUT2D eigenvalue weighted by atomic mass is 32.1. The molecular weight excluding hydrogens is 224 g/mol. The van der Waals surface area contributed by atoms with Gasteiger partial charge in [0.25, 0.3) is 0 Å². The Bertz CT molecular complexity index is 288. The van der Waals surface area contributed by atoms with Gasteiger partial charge in [-0.3, -0.25) is 4.79 Å². The molecule has 1 fully saturated rings. The molecule has 0 radical (unpaired) electrons. The Morgan fingerprint density at radius 2 is 2.12 bits per heavy atom. The molecule has 0 aromatic carbocycles. The summed E-state index contributed by atoms with van der Waals surface area (Å²) < 4.78 is 0. The zero-order valence-electron chi connectivity index (χ0n) is 9.90. The lowest BCUT2D eigenvalue weighted by Gasteiger charge is -2.30. The summed E-state index contributed by atoms with van der Waals surface area (Å²) in [5.74, 6) is 0.0310. The predicted octanol–water partition coefficient (Wildman–Crippen LogP) is 0.672. The van der Waals surface area contributed by atoms with Gasteiger partial charge in [0.05, 0.1) is 10.4 Å². The monoisotopic (exact) mass is 244 g/mol. The number of hydrogen-bond donors (Lipinski definition) is 2. The molecule has 0 aliphatic heterocycles. The standard InChI is InChI=1S/C11H20N2O2S/c1-8(2)13(6-3-7-14)10(15)11(4-5-11)9(12)16/h8,14H,3-7H2,1-2H3,(H2,12,16). The summed E-state index contributed by atoms with van der Waals surface area (Å²) in [5.41, 5.74) is 5.06. The number of carbonyl (C=O) groups is 1. The highest BCUT2D eigenvalue weighted by Gasteiger charge is 2.54. The molecular formula is C11H20N2O2S. The molecule has 1 aliphatic rings. The number of rotatable bonds is 6. The Balaban J connectivity index is 2.72. The van der Waals surface area contributed by atoms with Crippen LogP contribution in [-0.2, 0) is 4.79 Å². The van der Waals surface area contributed by atoms with E-state index in [1.807, 2.05) is 13.8 Å². The smallest absolute Gasteiger partial charge is 0.235 e. The van der Waals surface area contributed by atoms with Crippen LogP contribution in [0.2, 0.25) is 0 Å². The SMILES string of the molecule is CC(C)N(CCCO)C(=O)C1(C(N)=S)CC1.